The summed E-state index contributed by atoms with van der Waals surface area (Å²) in [6.45, 7) is 4.60. The number of nitrogens with zero attached hydrogens (tertiary/aromatic N) is 4. The Balaban J connectivity index is 1.43. The molecule has 3 aromatic rings. The molecule has 0 radical (unpaired) electrons. The van der Waals surface area contributed by atoms with Crippen molar-refractivity contribution in [2.24, 2.45) is 0 Å². The fraction of sp³-hybridized carbons (Fsp3) is 0.429. The van der Waals surface area contributed by atoms with E-state index in [0.717, 1.165) is 32.2 Å². The number of carbonyl (C=O) groups is 1. The zero-order chi connectivity index (χ0) is 20.4. The number of nitrogens with one attached hydrogen (secondary N) is 1. The molecule has 8 heteroatoms. The van der Waals surface area contributed by atoms with Gasteiger partial charge in [0.15, 0.2) is 0 Å². The van der Waals surface area contributed by atoms with Gasteiger partial charge in [-0.05, 0) is 45.1 Å². The number of aromatic nitrogens is 3. The van der Waals surface area contributed by atoms with Gasteiger partial charge in [-0.15, -0.1) is 5.10 Å². The van der Waals surface area contributed by atoms with Gasteiger partial charge >= 0.3 is 0 Å². The van der Waals surface area contributed by atoms with E-state index < -0.39 is 0 Å². The molecule has 1 fully saturated rings. The average Bonchev–Trinajstić information content (AvgIpc) is 3.34. The first-order valence-corrected chi connectivity index (χ1v) is 10.8. The zero-order valence-electron chi connectivity index (χ0n) is 16.7. The minimum Gasteiger partial charge on any atom is -0.352 e. The molecule has 3 heterocycles. The van der Waals surface area contributed by atoms with Crippen LogP contribution in [0, 0.1) is 6.92 Å². The van der Waals surface area contributed by atoms with Crippen LogP contribution in [0.5, 0.6) is 0 Å². The number of carbonyl (C=O) groups excluding carboxylic acids is 1. The van der Waals surface area contributed by atoms with Crippen LogP contribution >= 0.6 is 11.3 Å². The van der Waals surface area contributed by atoms with E-state index in [4.69, 9.17) is 0 Å². The van der Waals surface area contributed by atoms with Gasteiger partial charge in [0.25, 0.3) is 5.56 Å². The Kier molecular flexibility index (Phi) is 5.62. The summed E-state index contributed by atoms with van der Waals surface area (Å²) in [5.74, 6) is 0.0267. The lowest BCUT2D eigenvalue weighted by atomic mass is 10.1. The topological polar surface area (TPSA) is 79.6 Å². The Morgan fingerprint density at radius 3 is 2.93 bits per heavy atom. The van der Waals surface area contributed by atoms with Crippen LogP contribution in [-0.4, -0.2) is 39.1 Å². The van der Waals surface area contributed by atoms with Crippen LogP contribution in [0.25, 0.3) is 4.96 Å². The van der Waals surface area contributed by atoms with Gasteiger partial charge in [-0.2, -0.15) is 4.52 Å². The van der Waals surface area contributed by atoms with E-state index in [1.807, 2.05) is 30.0 Å². The molecular weight excluding hydrogens is 386 g/mol. The van der Waals surface area contributed by atoms with Gasteiger partial charge in [-0.3, -0.25) is 9.59 Å². The van der Waals surface area contributed by atoms with Gasteiger partial charge < -0.3 is 10.2 Å². The molecule has 1 aromatic carbocycles. The van der Waals surface area contributed by atoms with Gasteiger partial charge in [-0.25, -0.2) is 4.98 Å². The van der Waals surface area contributed by atoms with E-state index >= 15 is 0 Å². The van der Waals surface area contributed by atoms with E-state index in [1.165, 1.54) is 27.5 Å². The quantitative estimate of drug-likeness (QED) is 0.674. The normalized spacial score (nSPS) is 17.6. The highest BCUT2D eigenvalue weighted by atomic mass is 32.1. The van der Waals surface area contributed by atoms with Crippen molar-refractivity contribution in [3.05, 3.63) is 58.0 Å². The van der Waals surface area contributed by atoms with Crippen molar-refractivity contribution in [2.45, 2.75) is 51.6 Å². The van der Waals surface area contributed by atoms with Gasteiger partial charge in [0.2, 0.25) is 16.0 Å². The monoisotopic (exact) mass is 411 g/mol. The zero-order valence-corrected chi connectivity index (χ0v) is 17.5. The lowest BCUT2D eigenvalue weighted by Gasteiger charge is -2.24. The second-order valence-electron chi connectivity index (χ2n) is 7.60. The molecular formula is C21H25N5O2S. The molecule has 1 amide bonds. The minimum atomic E-state index is -0.258. The number of aryl methyl sites for hydroxylation is 2. The van der Waals surface area contributed by atoms with Gasteiger partial charge in [-0.1, -0.05) is 41.7 Å². The van der Waals surface area contributed by atoms with Crippen LogP contribution in [0.15, 0.2) is 41.2 Å². The lowest BCUT2D eigenvalue weighted by molar-refractivity contribution is -0.122. The number of benzene rings is 1. The van der Waals surface area contributed by atoms with Crippen molar-refractivity contribution >= 4 is 27.3 Å². The summed E-state index contributed by atoms with van der Waals surface area (Å²) < 4.78 is 1.32. The van der Waals surface area contributed by atoms with Crippen molar-refractivity contribution in [3.63, 3.8) is 0 Å². The Labute approximate surface area is 173 Å². The van der Waals surface area contributed by atoms with Crippen molar-refractivity contribution in [3.8, 4) is 0 Å². The van der Waals surface area contributed by atoms with Crippen molar-refractivity contribution in [2.75, 3.05) is 11.4 Å². The van der Waals surface area contributed by atoms with Crippen LogP contribution in [0.2, 0.25) is 0 Å². The first-order valence-electron chi connectivity index (χ1n) is 10.00. The second kappa shape index (κ2) is 8.32. The number of hydrogen-bond donors (Lipinski definition) is 1. The summed E-state index contributed by atoms with van der Waals surface area (Å²) in [7, 11) is 0. The third-order valence-corrected chi connectivity index (χ3v) is 6.21. The molecule has 2 aromatic heterocycles. The SMILES string of the molecule is Cc1cc(=O)n2nc(N3CCCC3C(=O)NC(C)CCc3ccccc3)sc2n1. The Morgan fingerprint density at radius 1 is 1.34 bits per heavy atom. The summed E-state index contributed by atoms with van der Waals surface area (Å²) in [4.78, 5) is 32.0. The maximum Gasteiger partial charge on any atom is 0.275 e. The highest BCUT2D eigenvalue weighted by molar-refractivity contribution is 7.20. The number of anilines is 1. The molecule has 1 aliphatic rings. The van der Waals surface area contributed by atoms with E-state index in [2.05, 4.69) is 27.5 Å². The fourth-order valence-electron chi connectivity index (χ4n) is 3.73. The summed E-state index contributed by atoms with van der Waals surface area (Å²) in [6.07, 6.45) is 3.53. The van der Waals surface area contributed by atoms with E-state index in [-0.39, 0.29) is 23.6 Å². The first kappa shape index (κ1) is 19.6. The summed E-state index contributed by atoms with van der Waals surface area (Å²) in [6, 6.07) is 11.6. The molecule has 7 nitrogen and oxygen atoms in total. The minimum absolute atomic E-state index is 0.0267. The number of rotatable bonds is 6. The van der Waals surface area contributed by atoms with Crippen LogP contribution in [-0.2, 0) is 11.2 Å². The highest BCUT2D eigenvalue weighted by Gasteiger charge is 2.33. The Bertz CT molecular complexity index is 1060. The maximum atomic E-state index is 12.9. The van der Waals surface area contributed by atoms with Crippen LogP contribution in [0.1, 0.15) is 37.4 Å². The Hall–Kier alpha value is -2.74. The molecule has 2 atom stereocenters. The van der Waals surface area contributed by atoms with Gasteiger partial charge in [0.1, 0.15) is 6.04 Å². The predicted molar refractivity (Wildman–Crippen MR) is 115 cm³/mol. The third-order valence-electron chi connectivity index (χ3n) is 5.26. The van der Waals surface area contributed by atoms with Crippen molar-refractivity contribution in [1.29, 1.82) is 0 Å². The van der Waals surface area contributed by atoms with E-state index in [1.54, 1.807) is 6.92 Å². The van der Waals surface area contributed by atoms with Gasteiger partial charge in [0.05, 0.1) is 0 Å². The fourth-order valence-corrected chi connectivity index (χ4v) is 4.76. The molecule has 29 heavy (non-hydrogen) atoms. The Morgan fingerprint density at radius 2 is 2.14 bits per heavy atom. The van der Waals surface area contributed by atoms with Crippen LogP contribution < -0.4 is 15.8 Å². The average molecular weight is 412 g/mol. The van der Waals surface area contributed by atoms with Crippen molar-refractivity contribution < 1.29 is 4.79 Å². The highest BCUT2D eigenvalue weighted by Crippen LogP contribution is 2.29. The van der Waals surface area contributed by atoms with Crippen LogP contribution in [0.3, 0.4) is 0 Å². The third kappa shape index (κ3) is 4.32. The summed E-state index contributed by atoms with van der Waals surface area (Å²) >= 11 is 1.36. The molecule has 1 aliphatic heterocycles. The molecule has 1 saturated heterocycles. The molecule has 152 valence electrons. The number of fused-ring (bicyclic) bond motifs is 1. The molecule has 1 N–H and O–H groups in total. The molecule has 2 unspecified atom stereocenters. The number of hydrogen-bond acceptors (Lipinski definition) is 6. The molecule has 4 rings (SSSR count). The number of amides is 1. The summed E-state index contributed by atoms with van der Waals surface area (Å²) in [5.41, 5.74) is 1.76. The molecule has 0 saturated carbocycles. The smallest absolute Gasteiger partial charge is 0.275 e. The summed E-state index contributed by atoms with van der Waals surface area (Å²) in [5, 5.41) is 8.26. The lowest BCUT2D eigenvalue weighted by Crippen LogP contribution is -2.46. The first-order chi connectivity index (χ1) is 14.0. The maximum absolute atomic E-state index is 12.9. The van der Waals surface area contributed by atoms with Gasteiger partial charge in [0, 0.05) is 24.3 Å². The second-order valence-corrected chi connectivity index (χ2v) is 8.53. The van der Waals surface area contributed by atoms with E-state index in [0.29, 0.717) is 15.8 Å². The molecule has 0 aliphatic carbocycles. The van der Waals surface area contributed by atoms with Crippen LogP contribution in [0.4, 0.5) is 5.13 Å². The molecule has 0 bridgehead atoms. The van der Waals surface area contributed by atoms with Crippen molar-refractivity contribution in [1.82, 2.24) is 19.9 Å². The standard InChI is InChI=1S/C21H25N5O2S/c1-14(10-11-16-7-4-3-5-8-16)22-19(28)17-9-6-12-25(17)21-24-26-18(27)13-15(2)23-20(26)29-21/h3-5,7-8,13-14,17H,6,9-12H2,1-2H3,(H,22,28). The van der Waals surface area contributed by atoms with E-state index in [9.17, 15) is 9.59 Å². The largest absolute Gasteiger partial charge is 0.352 e. The molecule has 0 spiro atoms. The predicted octanol–water partition coefficient (Wildman–Crippen LogP) is 2.57.